The van der Waals surface area contributed by atoms with Gasteiger partial charge in [-0.15, -0.1) is 0 Å². The lowest BCUT2D eigenvalue weighted by atomic mass is 9.74. The zero-order valence-corrected chi connectivity index (χ0v) is 13.3. The third kappa shape index (κ3) is 4.46. The Balaban J connectivity index is 2.31. The molecule has 0 saturated carbocycles. The van der Waals surface area contributed by atoms with Crippen molar-refractivity contribution in [2.45, 2.75) is 53.0 Å². The molecule has 0 bridgehead atoms. The van der Waals surface area contributed by atoms with Gasteiger partial charge in [0.2, 0.25) is 5.91 Å². The number of likely N-dealkylation sites (tertiary alicyclic amines) is 1. The average molecular weight is 269 g/mol. The van der Waals surface area contributed by atoms with Crippen LogP contribution in [-0.4, -0.2) is 42.5 Å². The number of carbonyl (C=O) groups is 1. The van der Waals surface area contributed by atoms with E-state index in [0.717, 1.165) is 25.6 Å². The van der Waals surface area contributed by atoms with Crippen LogP contribution in [0.3, 0.4) is 0 Å². The van der Waals surface area contributed by atoms with E-state index in [-0.39, 0.29) is 5.91 Å². The maximum atomic E-state index is 12.2. The quantitative estimate of drug-likeness (QED) is 0.797. The molecule has 0 atom stereocenters. The van der Waals surface area contributed by atoms with Gasteiger partial charge in [0.25, 0.3) is 0 Å². The molecular formula is C15H31N3O. The first-order valence-electron chi connectivity index (χ1n) is 7.44. The number of nitrogens with zero attached hydrogens (tertiary/aromatic N) is 1. The molecule has 3 N–H and O–H groups in total. The van der Waals surface area contributed by atoms with Crippen LogP contribution in [0.5, 0.6) is 0 Å². The predicted octanol–water partition coefficient (Wildman–Crippen LogP) is 1.60. The summed E-state index contributed by atoms with van der Waals surface area (Å²) in [6.45, 7) is 13.9. The van der Waals surface area contributed by atoms with E-state index < -0.39 is 11.0 Å². The molecule has 0 spiro atoms. The zero-order chi connectivity index (χ0) is 14.7. The van der Waals surface area contributed by atoms with Crippen molar-refractivity contribution in [3.05, 3.63) is 0 Å². The summed E-state index contributed by atoms with van der Waals surface area (Å²) >= 11 is 0. The largest absolute Gasteiger partial charge is 0.354 e. The van der Waals surface area contributed by atoms with E-state index in [1.54, 1.807) is 0 Å². The van der Waals surface area contributed by atoms with Gasteiger partial charge in [0.15, 0.2) is 0 Å². The molecule has 0 aromatic heterocycles. The van der Waals surface area contributed by atoms with E-state index >= 15 is 0 Å². The van der Waals surface area contributed by atoms with Crippen LogP contribution in [0.15, 0.2) is 0 Å². The van der Waals surface area contributed by atoms with Crippen LogP contribution < -0.4 is 11.1 Å². The molecule has 4 heteroatoms. The average Bonchev–Trinajstić information content (AvgIpc) is 2.30. The van der Waals surface area contributed by atoms with E-state index in [2.05, 4.69) is 17.1 Å². The second kappa shape index (κ2) is 6.23. The number of carbonyl (C=O) groups excluding carboxylic acids is 1. The second-order valence-corrected chi connectivity index (χ2v) is 7.13. The van der Waals surface area contributed by atoms with Gasteiger partial charge >= 0.3 is 0 Å². The van der Waals surface area contributed by atoms with Gasteiger partial charge < -0.3 is 16.0 Å². The standard InChI is InChI=1S/C15H31N3O/c1-12-6-9-18(10-7-12)11-8-17-13(19)14(2,3)15(4,5)16/h12H,6-11,16H2,1-5H3,(H,17,19). The summed E-state index contributed by atoms with van der Waals surface area (Å²) in [7, 11) is 0. The molecule has 0 aromatic carbocycles. The molecule has 1 saturated heterocycles. The Labute approximate surface area is 118 Å². The molecule has 0 unspecified atom stereocenters. The molecule has 0 radical (unpaired) electrons. The van der Waals surface area contributed by atoms with E-state index in [4.69, 9.17) is 5.73 Å². The molecule has 1 amide bonds. The summed E-state index contributed by atoms with van der Waals surface area (Å²) < 4.78 is 0. The fraction of sp³-hybridized carbons (Fsp3) is 0.933. The molecule has 1 fully saturated rings. The molecule has 1 aliphatic heterocycles. The van der Waals surface area contributed by atoms with Gasteiger partial charge in [-0.2, -0.15) is 0 Å². The third-order valence-electron chi connectivity index (χ3n) is 4.77. The van der Waals surface area contributed by atoms with Crippen LogP contribution in [0.4, 0.5) is 0 Å². The second-order valence-electron chi connectivity index (χ2n) is 7.13. The minimum atomic E-state index is -0.552. The fourth-order valence-electron chi connectivity index (χ4n) is 2.13. The molecule has 1 aliphatic rings. The molecule has 4 nitrogen and oxygen atoms in total. The smallest absolute Gasteiger partial charge is 0.227 e. The van der Waals surface area contributed by atoms with Crippen LogP contribution in [0, 0.1) is 11.3 Å². The van der Waals surface area contributed by atoms with Crippen LogP contribution >= 0.6 is 0 Å². The van der Waals surface area contributed by atoms with Gasteiger partial charge in [-0.25, -0.2) is 0 Å². The Morgan fingerprint density at radius 1 is 1.26 bits per heavy atom. The van der Waals surface area contributed by atoms with Crippen LogP contribution in [0.1, 0.15) is 47.5 Å². The SMILES string of the molecule is CC1CCN(CCNC(=O)C(C)(C)C(C)(C)N)CC1. The van der Waals surface area contributed by atoms with Gasteiger partial charge in [-0.05, 0) is 59.5 Å². The normalized spacial score (nSPS) is 19.5. The fourth-order valence-corrected chi connectivity index (χ4v) is 2.13. The topological polar surface area (TPSA) is 58.4 Å². The van der Waals surface area contributed by atoms with Crippen LogP contribution in [-0.2, 0) is 4.79 Å². The Hall–Kier alpha value is -0.610. The Kier molecular flexibility index (Phi) is 5.39. The van der Waals surface area contributed by atoms with E-state index in [9.17, 15) is 4.79 Å². The van der Waals surface area contributed by atoms with Crippen molar-refractivity contribution in [1.82, 2.24) is 10.2 Å². The molecule has 0 aliphatic carbocycles. The number of piperidine rings is 1. The molecule has 0 aromatic rings. The molecule has 1 rings (SSSR count). The first kappa shape index (κ1) is 16.4. The number of nitrogens with one attached hydrogen (secondary N) is 1. The van der Waals surface area contributed by atoms with Crippen molar-refractivity contribution in [1.29, 1.82) is 0 Å². The van der Waals surface area contributed by atoms with Crippen molar-refractivity contribution in [3.63, 3.8) is 0 Å². The van der Waals surface area contributed by atoms with Gasteiger partial charge in [0.05, 0.1) is 5.41 Å². The Morgan fingerprint density at radius 2 is 1.79 bits per heavy atom. The monoisotopic (exact) mass is 269 g/mol. The summed E-state index contributed by atoms with van der Waals surface area (Å²) in [5.41, 5.74) is 5.00. The van der Waals surface area contributed by atoms with Crippen LogP contribution in [0.2, 0.25) is 0 Å². The summed E-state index contributed by atoms with van der Waals surface area (Å²) in [4.78, 5) is 14.6. The highest BCUT2D eigenvalue weighted by Crippen LogP contribution is 2.28. The lowest BCUT2D eigenvalue weighted by molar-refractivity contribution is -0.132. The highest BCUT2D eigenvalue weighted by Gasteiger charge is 2.40. The maximum absolute atomic E-state index is 12.2. The van der Waals surface area contributed by atoms with E-state index in [1.165, 1.54) is 12.8 Å². The van der Waals surface area contributed by atoms with Crippen LogP contribution in [0.25, 0.3) is 0 Å². The highest BCUT2D eigenvalue weighted by atomic mass is 16.2. The van der Waals surface area contributed by atoms with E-state index in [1.807, 2.05) is 27.7 Å². The Bertz CT molecular complexity index is 299. The van der Waals surface area contributed by atoms with Crippen molar-refractivity contribution in [2.24, 2.45) is 17.1 Å². The lowest BCUT2D eigenvalue weighted by Gasteiger charge is -2.37. The van der Waals surface area contributed by atoms with Gasteiger partial charge in [-0.1, -0.05) is 6.92 Å². The minimum absolute atomic E-state index is 0.0466. The molecule has 112 valence electrons. The summed E-state index contributed by atoms with van der Waals surface area (Å²) in [5, 5.41) is 3.03. The lowest BCUT2D eigenvalue weighted by Crippen LogP contribution is -2.56. The number of hydrogen-bond acceptors (Lipinski definition) is 3. The first-order chi connectivity index (χ1) is 8.64. The van der Waals surface area contributed by atoms with E-state index in [0.29, 0.717) is 6.54 Å². The van der Waals surface area contributed by atoms with Gasteiger partial charge in [0, 0.05) is 18.6 Å². The third-order valence-corrected chi connectivity index (χ3v) is 4.77. The molecular weight excluding hydrogens is 238 g/mol. The first-order valence-corrected chi connectivity index (χ1v) is 7.44. The summed E-state index contributed by atoms with van der Waals surface area (Å²) in [6.07, 6.45) is 2.55. The van der Waals surface area contributed by atoms with Crippen molar-refractivity contribution in [3.8, 4) is 0 Å². The van der Waals surface area contributed by atoms with Crippen molar-refractivity contribution >= 4 is 5.91 Å². The number of amides is 1. The molecule has 1 heterocycles. The number of rotatable bonds is 5. The zero-order valence-electron chi connectivity index (χ0n) is 13.3. The summed E-state index contributed by atoms with van der Waals surface area (Å²) in [5.74, 6) is 0.896. The van der Waals surface area contributed by atoms with Gasteiger partial charge in [-0.3, -0.25) is 4.79 Å². The Morgan fingerprint density at radius 3 is 2.26 bits per heavy atom. The summed E-state index contributed by atoms with van der Waals surface area (Å²) in [6, 6.07) is 0. The predicted molar refractivity (Wildman–Crippen MR) is 79.9 cm³/mol. The maximum Gasteiger partial charge on any atom is 0.227 e. The van der Waals surface area contributed by atoms with Gasteiger partial charge in [0.1, 0.15) is 0 Å². The number of hydrogen-bond donors (Lipinski definition) is 2. The highest BCUT2D eigenvalue weighted by molar-refractivity contribution is 5.83. The van der Waals surface area contributed by atoms with Crippen molar-refractivity contribution in [2.75, 3.05) is 26.2 Å². The molecule has 19 heavy (non-hydrogen) atoms. The minimum Gasteiger partial charge on any atom is -0.354 e. The van der Waals surface area contributed by atoms with Crippen molar-refractivity contribution < 1.29 is 4.79 Å². The number of nitrogens with two attached hydrogens (primary N) is 1.